The molecule has 4 rings (SSSR count). The van der Waals surface area contributed by atoms with Crippen LogP contribution in [0.5, 0.6) is 0 Å². The first-order chi connectivity index (χ1) is 22.1. The summed E-state index contributed by atoms with van der Waals surface area (Å²) in [4.78, 5) is 14.4. The first kappa shape index (κ1) is 35.2. The molecule has 2 aliphatic rings. The number of benzene rings is 2. The van der Waals surface area contributed by atoms with Gasteiger partial charge in [0.1, 0.15) is 0 Å². The number of rotatable bonds is 7. The predicted molar refractivity (Wildman–Crippen MR) is 168 cm³/mol. The van der Waals surface area contributed by atoms with Crippen LogP contribution in [-0.4, -0.2) is 114 Å². The number of nitrogens with zero attached hydrogens (tertiary/aromatic N) is 1. The summed E-state index contributed by atoms with van der Waals surface area (Å²) < 4.78 is 41.5. The Bertz CT molecular complexity index is 1090. The molecule has 2 heterocycles. The van der Waals surface area contributed by atoms with Crippen LogP contribution < -0.4 is 10.6 Å². The Balaban J connectivity index is 1.45. The van der Waals surface area contributed by atoms with E-state index in [9.17, 15) is 9.90 Å². The molecule has 0 aromatic heterocycles. The summed E-state index contributed by atoms with van der Waals surface area (Å²) in [7, 11) is 0. The average molecular weight is 632 g/mol. The van der Waals surface area contributed by atoms with Gasteiger partial charge in [-0.05, 0) is 30.2 Å². The van der Waals surface area contributed by atoms with E-state index in [-0.39, 0.29) is 24.8 Å². The summed E-state index contributed by atoms with van der Waals surface area (Å²) in [6.45, 7) is 9.70. The highest BCUT2D eigenvalue weighted by molar-refractivity contribution is 5.89. The Hall–Kier alpha value is -2.65. The number of hydrogen-bond acceptors (Lipinski definition) is 10. The van der Waals surface area contributed by atoms with E-state index in [0.29, 0.717) is 104 Å². The first-order valence-electron chi connectivity index (χ1n) is 15.9. The lowest BCUT2D eigenvalue weighted by Gasteiger charge is -2.38. The van der Waals surface area contributed by atoms with Gasteiger partial charge in [-0.15, -0.1) is 0 Å². The number of amides is 2. The average Bonchev–Trinajstić information content (AvgIpc) is 3.05. The summed E-state index contributed by atoms with van der Waals surface area (Å²) in [5, 5.41) is 15.2. The minimum absolute atomic E-state index is 0.0165. The van der Waals surface area contributed by atoms with Gasteiger partial charge in [-0.3, -0.25) is 4.90 Å². The molecule has 2 saturated heterocycles. The molecule has 0 spiro atoms. The second-order valence-corrected chi connectivity index (χ2v) is 10.8. The van der Waals surface area contributed by atoms with Gasteiger partial charge < -0.3 is 48.9 Å². The Kier molecular flexibility index (Phi) is 16.0. The lowest BCUT2D eigenvalue weighted by molar-refractivity contribution is -0.253. The highest BCUT2D eigenvalue weighted by atomic mass is 16.7. The topological polar surface area (TPSA) is 129 Å². The first-order valence-corrected chi connectivity index (χ1v) is 15.9. The van der Waals surface area contributed by atoms with E-state index >= 15 is 0 Å². The zero-order chi connectivity index (χ0) is 31.5. The number of hydrogen-bond donors (Lipinski definition) is 3. The Morgan fingerprint density at radius 3 is 1.98 bits per heavy atom. The van der Waals surface area contributed by atoms with Gasteiger partial charge in [-0.25, -0.2) is 4.79 Å². The van der Waals surface area contributed by atoms with E-state index in [0.717, 1.165) is 16.7 Å². The van der Waals surface area contributed by atoms with E-state index in [2.05, 4.69) is 15.5 Å². The number of carbonyl (C=O) groups excluding carboxylic acids is 1. The molecule has 0 aliphatic carbocycles. The van der Waals surface area contributed by atoms with Gasteiger partial charge in [-0.2, -0.15) is 0 Å². The molecule has 12 nitrogen and oxygen atoms in total. The van der Waals surface area contributed by atoms with Crippen molar-refractivity contribution in [2.75, 3.05) is 97.6 Å². The van der Waals surface area contributed by atoms with Crippen molar-refractivity contribution in [3.05, 3.63) is 65.2 Å². The second kappa shape index (κ2) is 20.5. The fourth-order valence-corrected chi connectivity index (χ4v) is 5.08. The number of urea groups is 1. The Morgan fingerprint density at radius 1 is 0.800 bits per heavy atom. The number of nitrogens with one attached hydrogen (secondary N) is 2. The van der Waals surface area contributed by atoms with Gasteiger partial charge in [0.25, 0.3) is 0 Å². The normalized spacial score (nSPS) is 23.8. The summed E-state index contributed by atoms with van der Waals surface area (Å²) in [5.74, 6) is 0. The lowest BCUT2D eigenvalue weighted by atomic mass is 9.99. The van der Waals surface area contributed by atoms with Crippen molar-refractivity contribution in [2.24, 2.45) is 0 Å². The fourth-order valence-electron chi connectivity index (χ4n) is 5.08. The van der Waals surface area contributed by atoms with E-state index in [1.54, 1.807) is 0 Å². The molecular formula is C33H49N3O9. The zero-order valence-corrected chi connectivity index (χ0v) is 26.3. The Labute approximate surface area is 266 Å². The highest BCUT2D eigenvalue weighted by Gasteiger charge is 2.33. The number of aliphatic hydroxyl groups excluding tert-OH is 1. The van der Waals surface area contributed by atoms with E-state index in [1.807, 2.05) is 55.5 Å². The molecule has 0 radical (unpaired) electrons. The second-order valence-electron chi connectivity index (χ2n) is 10.8. The molecule has 250 valence electrons. The zero-order valence-electron chi connectivity index (χ0n) is 26.3. The summed E-state index contributed by atoms with van der Waals surface area (Å²) in [6.07, 6.45) is -0.384. The van der Waals surface area contributed by atoms with Crippen LogP contribution in [-0.2, 0) is 39.8 Å². The summed E-state index contributed by atoms with van der Waals surface area (Å²) >= 11 is 0. The van der Waals surface area contributed by atoms with Crippen LogP contribution in [0.3, 0.4) is 0 Å². The van der Waals surface area contributed by atoms with Crippen molar-refractivity contribution < 1.29 is 43.1 Å². The standard InChI is InChI=1S/C33H49N3O9/c1-2-34-33(38)35-29-5-3-4-28(22-29)32-44-30(23-31(45-32)27-8-6-26(25-37)7-9-27)24-36-10-12-39-14-16-41-18-20-43-21-19-42-17-15-40-13-11-36/h3-9,22,30-32,37H,2,10-21,23-25H2,1H3,(H2,34,35,38)/t30-,31+,32?/m0/s1. The van der Waals surface area contributed by atoms with Gasteiger partial charge in [0.2, 0.25) is 0 Å². The molecule has 3 atom stereocenters. The maximum absolute atomic E-state index is 12.2. The molecule has 12 heteroatoms. The largest absolute Gasteiger partial charge is 0.392 e. The molecule has 2 aliphatic heterocycles. The fraction of sp³-hybridized carbons (Fsp3) is 0.606. The van der Waals surface area contributed by atoms with Gasteiger partial charge in [0.05, 0.1) is 84.9 Å². The van der Waals surface area contributed by atoms with Crippen LogP contribution in [0.2, 0.25) is 0 Å². The van der Waals surface area contributed by atoms with Crippen LogP contribution in [0, 0.1) is 0 Å². The molecule has 2 aromatic carbocycles. The van der Waals surface area contributed by atoms with Gasteiger partial charge in [0.15, 0.2) is 6.29 Å². The van der Waals surface area contributed by atoms with Gasteiger partial charge in [-0.1, -0.05) is 36.4 Å². The van der Waals surface area contributed by atoms with Crippen LogP contribution in [0.1, 0.15) is 42.4 Å². The van der Waals surface area contributed by atoms with E-state index < -0.39 is 6.29 Å². The van der Waals surface area contributed by atoms with Crippen LogP contribution in [0.15, 0.2) is 48.5 Å². The van der Waals surface area contributed by atoms with Crippen LogP contribution in [0.25, 0.3) is 0 Å². The van der Waals surface area contributed by atoms with E-state index in [1.165, 1.54) is 0 Å². The van der Waals surface area contributed by atoms with Crippen molar-refractivity contribution in [3.63, 3.8) is 0 Å². The Morgan fingerprint density at radius 2 is 1.40 bits per heavy atom. The summed E-state index contributed by atoms with van der Waals surface area (Å²) in [6, 6.07) is 15.1. The number of ether oxygens (including phenoxy) is 7. The summed E-state index contributed by atoms with van der Waals surface area (Å²) in [5.41, 5.74) is 3.32. The van der Waals surface area contributed by atoms with Gasteiger partial charge >= 0.3 is 6.03 Å². The third-order valence-electron chi connectivity index (χ3n) is 7.42. The third kappa shape index (κ3) is 12.9. The number of anilines is 1. The maximum Gasteiger partial charge on any atom is 0.319 e. The predicted octanol–water partition coefficient (Wildman–Crippen LogP) is 3.26. The van der Waals surface area contributed by atoms with Crippen molar-refractivity contribution in [1.29, 1.82) is 0 Å². The van der Waals surface area contributed by atoms with Crippen molar-refractivity contribution in [2.45, 2.75) is 38.4 Å². The number of aliphatic hydroxyl groups is 1. The van der Waals surface area contributed by atoms with Crippen LogP contribution in [0.4, 0.5) is 10.5 Å². The maximum atomic E-state index is 12.2. The molecule has 2 fully saturated rings. The third-order valence-corrected chi connectivity index (χ3v) is 7.42. The molecule has 2 aromatic rings. The minimum atomic E-state index is -0.645. The molecular weight excluding hydrogens is 582 g/mol. The SMILES string of the molecule is CCNC(=O)Nc1cccc(C2O[C@H](CN3CCOCCOCCOCCOCCOCC3)C[C@H](c3ccc(CO)cc3)O2)c1. The molecule has 1 unspecified atom stereocenters. The lowest BCUT2D eigenvalue weighted by Crippen LogP contribution is -2.42. The molecule has 2 amide bonds. The van der Waals surface area contributed by atoms with Crippen molar-refractivity contribution >= 4 is 11.7 Å². The van der Waals surface area contributed by atoms with Crippen LogP contribution >= 0.6 is 0 Å². The van der Waals surface area contributed by atoms with Crippen molar-refractivity contribution in [1.82, 2.24) is 10.2 Å². The van der Waals surface area contributed by atoms with E-state index in [4.69, 9.17) is 33.2 Å². The molecule has 0 bridgehead atoms. The monoisotopic (exact) mass is 631 g/mol. The molecule has 0 saturated carbocycles. The van der Waals surface area contributed by atoms with Gasteiger partial charge in [0, 0.05) is 43.9 Å². The highest BCUT2D eigenvalue weighted by Crippen LogP contribution is 2.38. The minimum Gasteiger partial charge on any atom is -0.392 e. The van der Waals surface area contributed by atoms with Crippen molar-refractivity contribution in [3.8, 4) is 0 Å². The number of carbonyl (C=O) groups is 1. The molecule has 45 heavy (non-hydrogen) atoms. The molecule has 3 N–H and O–H groups in total. The smallest absolute Gasteiger partial charge is 0.319 e. The quantitative estimate of drug-likeness (QED) is 0.419.